The monoisotopic (exact) mass is 385 g/mol. The molecule has 0 radical (unpaired) electrons. The molecule has 1 aliphatic heterocycles. The highest BCUT2D eigenvalue weighted by molar-refractivity contribution is 6.30. The SMILES string of the molecule is Cc1cnn2ccc(C(=O)NCC3CN(c4ccc(Cl)cc4)CCO3)nc12. The van der Waals surface area contributed by atoms with Crippen molar-refractivity contribution in [1.82, 2.24) is 19.9 Å². The van der Waals surface area contributed by atoms with Gasteiger partial charge in [-0.3, -0.25) is 4.79 Å². The molecule has 1 amide bonds. The van der Waals surface area contributed by atoms with Gasteiger partial charge in [0.25, 0.3) is 5.91 Å². The number of amides is 1. The van der Waals surface area contributed by atoms with E-state index in [-0.39, 0.29) is 12.0 Å². The number of benzene rings is 1. The molecule has 0 saturated carbocycles. The Bertz CT molecular complexity index is 956. The summed E-state index contributed by atoms with van der Waals surface area (Å²) in [5, 5.41) is 7.81. The van der Waals surface area contributed by atoms with Gasteiger partial charge in [0.15, 0.2) is 5.65 Å². The van der Waals surface area contributed by atoms with E-state index in [0.717, 1.165) is 17.8 Å². The van der Waals surface area contributed by atoms with Crippen LogP contribution >= 0.6 is 11.6 Å². The second-order valence-corrected chi connectivity index (χ2v) is 6.97. The fourth-order valence-corrected chi connectivity index (χ4v) is 3.26. The number of nitrogens with one attached hydrogen (secondary N) is 1. The van der Waals surface area contributed by atoms with Gasteiger partial charge in [-0.05, 0) is 37.3 Å². The third kappa shape index (κ3) is 3.89. The molecular formula is C19H20ClN5O2. The lowest BCUT2D eigenvalue weighted by atomic mass is 10.2. The average Bonchev–Trinajstić information content (AvgIpc) is 3.07. The molecule has 1 unspecified atom stereocenters. The zero-order valence-corrected chi connectivity index (χ0v) is 15.7. The number of aryl methyl sites for hydroxylation is 1. The Balaban J connectivity index is 1.37. The zero-order valence-electron chi connectivity index (χ0n) is 14.9. The summed E-state index contributed by atoms with van der Waals surface area (Å²) in [5.41, 5.74) is 3.09. The van der Waals surface area contributed by atoms with Crippen molar-refractivity contribution >= 4 is 28.8 Å². The Hall–Kier alpha value is -2.64. The van der Waals surface area contributed by atoms with E-state index in [9.17, 15) is 4.79 Å². The molecule has 0 bridgehead atoms. The number of ether oxygens (including phenoxy) is 1. The molecule has 27 heavy (non-hydrogen) atoms. The number of carbonyl (C=O) groups is 1. The molecule has 1 aromatic carbocycles. The number of rotatable bonds is 4. The predicted octanol–water partition coefficient (Wildman–Crippen LogP) is 2.33. The van der Waals surface area contributed by atoms with E-state index < -0.39 is 0 Å². The first-order valence-electron chi connectivity index (χ1n) is 8.81. The lowest BCUT2D eigenvalue weighted by molar-refractivity contribution is 0.0396. The first kappa shape index (κ1) is 17.8. The number of hydrogen-bond donors (Lipinski definition) is 1. The minimum Gasteiger partial charge on any atom is -0.373 e. The van der Waals surface area contributed by atoms with Crippen LogP contribution in [0.25, 0.3) is 5.65 Å². The molecule has 1 saturated heterocycles. The van der Waals surface area contributed by atoms with Gasteiger partial charge in [0.2, 0.25) is 0 Å². The fourth-order valence-electron chi connectivity index (χ4n) is 3.14. The molecule has 4 rings (SSSR count). The van der Waals surface area contributed by atoms with E-state index in [2.05, 4.69) is 20.3 Å². The van der Waals surface area contributed by atoms with Crippen molar-refractivity contribution in [2.75, 3.05) is 31.1 Å². The van der Waals surface area contributed by atoms with Gasteiger partial charge in [0.1, 0.15) is 5.69 Å². The first-order chi connectivity index (χ1) is 13.1. The molecule has 1 aliphatic rings. The Labute approximate surface area is 161 Å². The lowest BCUT2D eigenvalue weighted by Gasteiger charge is -2.34. The van der Waals surface area contributed by atoms with Crippen LogP contribution in [0.5, 0.6) is 0 Å². The largest absolute Gasteiger partial charge is 0.373 e. The zero-order chi connectivity index (χ0) is 18.8. The van der Waals surface area contributed by atoms with Crippen LogP contribution < -0.4 is 10.2 Å². The van der Waals surface area contributed by atoms with Gasteiger partial charge >= 0.3 is 0 Å². The number of morpholine rings is 1. The highest BCUT2D eigenvalue weighted by Gasteiger charge is 2.22. The van der Waals surface area contributed by atoms with Gasteiger partial charge in [-0.1, -0.05) is 11.6 Å². The fraction of sp³-hybridized carbons (Fsp3) is 0.316. The molecule has 1 N–H and O–H groups in total. The van der Waals surface area contributed by atoms with E-state index in [1.165, 1.54) is 0 Å². The van der Waals surface area contributed by atoms with Crippen molar-refractivity contribution < 1.29 is 9.53 Å². The molecule has 1 atom stereocenters. The van der Waals surface area contributed by atoms with Gasteiger partial charge in [-0.15, -0.1) is 0 Å². The van der Waals surface area contributed by atoms with Crippen LogP contribution in [0, 0.1) is 6.92 Å². The number of aromatic nitrogens is 3. The van der Waals surface area contributed by atoms with E-state index in [1.54, 1.807) is 23.0 Å². The molecular weight excluding hydrogens is 366 g/mol. The summed E-state index contributed by atoms with van der Waals surface area (Å²) in [4.78, 5) is 19.1. The second kappa shape index (κ2) is 7.54. The summed E-state index contributed by atoms with van der Waals surface area (Å²) in [5.74, 6) is -0.217. The standard InChI is InChI=1S/C19H20ClN5O2/c1-13-10-22-25-7-6-17(23-18(13)25)19(26)21-11-16-12-24(8-9-27-16)15-4-2-14(20)3-5-15/h2-7,10,16H,8-9,11-12H2,1H3,(H,21,26). The van der Waals surface area contributed by atoms with E-state index in [0.29, 0.717) is 36.1 Å². The average molecular weight is 386 g/mol. The van der Waals surface area contributed by atoms with E-state index in [1.807, 2.05) is 31.2 Å². The highest BCUT2D eigenvalue weighted by Crippen LogP contribution is 2.20. The van der Waals surface area contributed by atoms with Crippen LogP contribution in [0.4, 0.5) is 5.69 Å². The van der Waals surface area contributed by atoms with Crippen LogP contribution in [0.15, 0.2) is 42.7 Å². The van der Waals surface area contributed by atoms with Crippen molar-refractivity contribution in [3.8, 4) is 0 Å². The third-order valence-electron chi connectivity index (χ3n) is 4.60. The molecule has 0 spiro atoms. The molecule has 1 fully saturated rings. The van der Waals surface area contributed by atoms with Crippen LogP contribution in [0.1, 0.15) is 16.1 Å². The van der Waals surface area contributed by atoms with Crippen molar-refractivity contribution in [2.24, 2.45) is 0 Å². The molecule has 2 aromatic heterocycles. The number of hydrogen-bond acceptors (Lipinski definition) is 5. The maximum Gasteiger partial charge on any atom is 0.270 e. The molecule has 8 heteroatoms. The molecule has 7 nitrogen and oxygen atoms in total. The summed E-state index contributed by atoms with van der Waals surface area (Å²) in [7, 11) is 0. The van der Waals surface area contributed by atoms with Crippen LogP contribution in [0.2, 0.25) is 5.02 Å². The van der Waals surface area contributed by atoms with E-state index >= 15 is 0 Å². The number of nitrogens with zero attached hydrogens (tertiary/aromatic N) is 4. The molecule has 0 aliphatic carbocycles. The van der Waals surface area contributed by atoms with Gasteiger partial charge < -0.3 is 15.0 Å². The maximum atomic E-state index is 12.5. The van der Waals surface area contributed by atoms with Crippen molar-refractivity contribution in [3.63, 3.8) is 0 Å². The first-order valence-corrected chi connectivity index (χ1v) is 9.19. The van der Waals surface area contributed by atoms with Crippen molar-refractivity contribution in [2.45, 2.75) is 13.0 Å². The highest BCUT2D eigenvalue weighted by atomic mass is 35.5. The van der Waals surface area contributed by atoms with Crippen LogP contribution in [-0.4, -0.2) is 52.9 Å². The summed E-state index contributed by atoms with van der Waals surface area (Å²) in [6.45, 7) is 4.47. The van der Waals surface area contributed by atoms with Crippen molar-refractivity contribution in [1.29, 1.82) is 0 Å². The topological polar surface area (TPSA) is 71.8 Å². The normalized spacial score (nSPS) is 17.3. The number of halogens is 1. The predicted molar refractivity (Wildman–Crippen MR) is 103 cm³/mol. The Kier molecular flexibility index (Phi) is 4.96. The minimum absolute atomic E-state index is 0.0844. The smallest absolute Gasteiger partial charge is 0.270 e. The Morgan fingerprint density at radius 3 is 2.96 bits per heavy atom. The molecule has 3 heterocycles. The number of carbonyl (C=O) groups excluding carboxylic acids is 1. The molecule has 3 aromatic rings. The maximum absolute atomic E-state index is 12.5. The third-order valence-corrected chi connectivity index (χ3v) is 4.85. The summed E-state index contributed by atoms with van der Waals surface area (Å²) in [6.07, 6.45) is 3.38. The van der Waals surface area contributed by atoms with Crippen LogP contribution in [0.3, 0.4) is 0 Å². The second-order valence-electron chi connectivity index (χ2n) is 6.53. The summed E-state index contributed by atoms with van der Waals surface area (Å²) < 4.78 is 7.45. The quantitative estimate of drug-likeness (QED) is 0.746. The van der Waals surface area contributed by atoms with Gasteiger partial charge in [-0.25, -0.2) is 9.50 Å². The van der Waals surface area contributed by atoms with E-state index in [4.69, 9.17) is 16.3 Å². The number of fused-ring (bicyclic) bond motifs is 1. The van der Waals surface area contributed by atoms with Gasteiger partial charge in [0.05, 0.1) is 18.9 Å². The molecule has 140 valence electrons. The number of anilines is 1. The Morgan fingerprint density at radius 1 is 1.33 bits per heavy atom. The summed E-state index contributed by atoms with van der Waals surface area (Å²) >= 11 is 5.96. The van der Waals surface area contributed by atoms with Gasteiger partial charge in [-0.2, -0.15) is 5.10 Å². The minimum atomic E-state index is -0.217. The van der Waals surface area contributed by atoms with Crippen molar-refractivity contribution in [3.05, 3.63) is 59.0 Å². The lowest BCUT2D eigenvalue weighted by Crippen LogP contribution is -2.47. The van der Waals surface area contributed by atoms with Crippen LogP contribution in [-0.2, 0) is 4.74 Å². The van der Waals surface area contributed by atoms with Gasteiger partial charge in [0, 0.05) is 42.1 Å². The Morgan fingerprint density at radius 2 is 2.15 bits per heavy atom. The summed E-state index contributed by atoms with van der Waals surface area (Å²) in [6, 6.07) is 9.41.